The van der Waals surface area contributed by atoms with Crippen molar-refractivity contribution in [2.45, 2.75) is 12.3 Å². The Hall–Kier alpha value is -1.92. The molecule has 0 bridgehead atoms. The average molecular weight is 483 g/mol. The Labute approximate surface area is 187 Å². The molecule has 172 valence electrons. The molecule has 3 N–H and O–H groups in total. The summed E-state index contributed by atoms with van der Waals surface area (Å²) < 4.78 is 40.7. The van der Waals surface area contributed by atoms with E-state index < -0.39 is 25.5 Å². The van der Waals surface area contributed by atoms with Gasteiger partial charge in [-0.15, -0.1) is 10.2 Å². The Morgan fingerprint density at radius 2 is 1.90 bits per heavy atom. The molecule has 0 saturated heterocycles. The Morgan fingerprint density at radius 3 is 2.55 bits per heavy atom. The van der Waals surface area contributed by atoms with E-state index in [4.69, 9.17) is 28.9 Å². The summed E-state index contributed by atoms with van der Waals surface area (Å²) >= 11 is 12.2. The van der Waals surface area contributed by atoms with Gasteiger partial charge in [-0.2, -0.15) is 18.2 Å². The minimum absolute atomic E-state index is 0.131. The fourth-order valence-corrected chi connectivity index (χ4v) is 2.99. The molecule has 1 heterocycles. The molecule has 8 nitrogen and oxygen atoms in total. The van der Waals surface area contributed by atoms with Gasteiger partial charge >= 0.3 is 6.18 Å². The first kappa shape index (κ1) is 25.3. The monoisotopic (exact) mass is 482 g/mol. The Bertz CT molecular complexity index is 875. The summed E-state index contributed by atoms with van der Waals surface area (Å²) in [4.78, 5) is 7.71. The van der Waals surface area contributed by atoms with Crippen molar-refractivity contribution in [3.8, 4) is 11.3 Å². The lowest BCUT2D eigenvalue weighted by Crippen LogP contribution is -2.38. The number of hydrogen-bond donors (Lipinski definition) is 2. The Morgan fingerprint density at radius 1 is 1.19 bits per heavy atom. The molecule has 1 unspecified atom stereocenters. The number of halogens is 5. The molecular weight excluding hydrogens is 460 g/mol. The smallest absolute Gasteiger partial charge is 0.389 e. The van der Waals surface area contributed by atoms with Gasteiger partial charge in [0.15, 0.2) is 5.82 Å². The number of hydrogen-bond acceptors (Lipinski definition) is 8. The zero-order valence-electron chi connectivity index (χ0n) is 16.9. The Balaban J connectivity index is 1.89. The van der Waals surface area contributed by atoms with E-state index >= 15 is 0 Å². The molecule has 1 aromatic heterocycles. The van der Waals surface area contributed by atoms with Gasteiger partial charge in [-0.05, 0) is 13.1 Å². The number of rotatable bonds is 10. The van der Waals surface area contributed by atoms with E-state index in [1.165, 1.54) is 0 Å². The minimum Gasteiger partial charge on any atom is -0.389 e. The predicted octanol–water partition coefficient (Wildman–Crippen LogP) is 2.74. The maximum atomic E-state index is 12.1. The van der Waals surface area contributed by atoms with E-state index in [9.17, 15) is 18.3 Å². The van der Waals surface area contributed by atoms with Gasteiger partial charge < -0.3 is 25.4 Å². The second kappa shape index (κ2) is 11.1. The zero-order chi connectivity index (χ0) is 23.2. The van der Waals surface area contributed by atoms with Crippen LogP contribution in [0.15, 0.2) is 18.2 Å². The van der Waals surface area contributed by atoms with Crippen molar-refractivity contribution in [3.63, 3.8) is 0 Å². The van der Waals surface area contributed by atoms with Crippen LogP contribution in [0.5, 0.6) is 0 Å². The highest BCUT2D eigenvalue weighted by Crippen LogP contribution is 2.34. The molecule has 0 spiro atoms. The zero-order valence-corrected chi connectivity index (χ0v) is 18.4. The van der Waals surface area contributed by atoms with Crippen LogP contribution in [0.1, 0.15) is 0 Å². The molecule has 0 aliphatic heterocycles. The lowest BCUT2D eigenvalue weighted by atomic mass is 10.1. The molecule has 1 atom stereocenters. The van der Waals surface area contributed by atoms with E-state index in [0.29, 0.717) is 34.4 Å². The van der Waals surface area contributed by atoms with Gasteiger partial charge in [0, 0.05) is 32.2 Å². The number of nitrogens with zero attached hydrogens (tertiary/aromatic N) is 5. The number of aliphatic hydroxyl groups excluding tert-OH is 1. The van der Waals surface area contributed by atoms with Gasteiger partial charge in [-0.1, -0.05) is 35.3 Å². The summed E-state index contributed by atoms with van der Waals surface area (Å²) in [5, 5.41) is 18.6. The van der Waals surface area contributed by atoms with E-state index in [1.807, 2.05) is 0 Å². The highest BCUT2D eigenvalue weighted by Gasteiger charge is 2.27. The normalized spacial score (nSPS) is 12.9. The fourth-order valence-electron chi connectivity index (χ4n) is 2.60. The molecule has 0 aliphatic rings. The number of ether oxygens (including phenoxy) is 1. The molecule has 0 amide bonds. The van der Waals surface area contributed by atoms with Crippen LogP contribution in [0.3, 0.4) is 0 Å². The quantitative estimate of drug-likeness (QED) is 0.532. The van der Waals surface area contributed by atoms with Crippen LogP contribution < -0.4 is 10.6 Å². The SMILES string of the molecule is CN(CCN(C)c1nnc(-c2cccc(Cl)c2Cl)c(N)n1)CC(O)COCC(F)(F)F. The third kappa shape index (κ3) is 7.93. The third-order valence-corrected chi connectivity index (χ3v) is 4.99. The number of nitrogens with two attached hydrogens (primary N) is 1. The van der Waals surface area contributed by atoms with Crippen LogP contribution in [0.2, 0.25) is 10.0 Å². The van der Waals surface area contributed by atoms with Crippen LogP contribution in [-0.2, 0) is 4.74 Å². The number of anilines is 2. The minimum atomic E-state index is -4.42. The molecule has 0 saturated carbocycles. The second-order valence-electron chi connectivity index (χ2n) is 6.91. The number of aliphatic hydroxyl groups is 1. The third-order valence-electron chi connectivity index (χ3n) is 4.17. The molecule has 0 radical (unpaired) electrons. The van der Waals surface area contributed by atoms with Crippen molar-refractivity contribution in [1.29, 1.82) is 0 Å². The summed E-state index contributed by atoms with van der Waals surface area (Å²) in [7, 11) is 3.46. The second-order valence-corrected chi connectivity index (χ2v) is 7.70. The van der Waals surface area contributed by atoms with Gasteiger partial charge in [-0.3, -0.25) is 0 Å². The van der Waals surface area contributed by atoms with Crippen LogP contribution in [0.4, 0.5) is 24.9 Å². The number of alkyl halides is 3. The van der Waals surface area contributed by atoms with Gasteiger partial charge in [0.1, 0.15) is 12.3 Å². The number of likely N-dealkylation sites (N-methyl/N-ethyl adjacent to an activating group) is 2. The van der Waals surface area contributed by atoms with E-state index in [0.717, 1.165) is 0 Å². The molecule has 2 rings (SSSR count). The van der Waals surface area contributed by atoms with E-state index in [1.54, 1.807) is 42.1 Å². The number of benzene rings is 1. The average Bonchev–Trinajstić information content (AvgIpc) is 2.67. The first-order chi connectivity index (χ1) is 14.5. The largest absolute Gasteiger partial charge is 0.411 e. The number of aromatic nitrogens is 3. The van der Waals surface area contributed by atoms with Crippen molar-refractivity contribution in [2.75, 3.05) is 57.6 Å². The summed E-state index contributed by atoms with van der Waals surface area (Å²) in [5.74, 6) is 0.411. The van der Waals surface area contributed by atoms with Crippen molar-refractivity contribution in [1.82, 2.24) is 20.1 Å². The van der Waals surface area contributed by atoms with Gasteiger partial charge in [-0.25, -0.2) is 0 Å². The van der Waals surface area contributed by atoms with Gasteiger partial charge in [0.2, 0.25) is 5.95 Å². The highest BCUT2D eigenvalue weighted by molar-refractivity contribution is 6.43. The molecular formula is C18H23Cl2F3N6O2. The van der Waals surface area contributed by atoms with E-state index in [-0.39, 0.29) is 18.3 Å². The van der Waals surface area contributed by atoms with Crippen LogP contribution >= 0.6 is 23.2 Å². The van der Waals surface area contributed by atoms with Crippen molar-refractivity contribution >= 4 is 35.0 Å². The number of nitrogen functional groups attached to an aromatic ring is 1. The molecule has 0 aliphatic carbocycles. The summed E-state index contributed by atoms with van der Waals surface area (Å²) in [6.07, 6.45) is -5.47. The molecule has 13 heteroatoms. The summed E-state index contributed by atoms with van der Waals surface area (Å²) in [6, 6.07) is 5.06. The van der Waals surface area contributed by atoms with Gasteiger partial charge in [0.05, 0.1) is 22.8 Å². The van der Waals surface area contributed by atoms with Gasteiger partial charge in [0.25, 0.3) is 0 Å². The van der Waals surface area contributed by atoms with E-state index in [2.05, 4.69) is 19.9 Å². The first-order valence-electron chi connectivity index (χ1n) is 9.14. The molecule has 1 aromatic carbocycles. The lowest BCUT2D eigenvalue weighted by Gasteiger charge is -2.24. The van der Waals surface area contributed by atoms with Crippen LogP contribution in [0, 0.1) is 0 Å². The summed E-state index contributed by atoms with van der Waals surface area (Å²) in [5.41, 5.74) is 6.85. The van der Waals surface area contributed by atoms with Crippen LogP contribution in [-0.4, -0.2) is 84.4 Å². The maximum Gasteiger partial charge on any atom is 0.411 e. The van der Waals surface area contributed by atoms with Crippen molar-refractivity contribution in [3.05, 3.63) is 28.2 Å². The Kier molecular flexibility index (Phi) is 9.07. The maximum absolute atomic E-state index is 12.1. The summed E-state index contributed by atoms with van der Waals surface area (Å²) in [6.45, 7) is -0.739. The van der Waals surface area contributed by atoms with Crippen molar-refractivity contribution in [2.24, 2.45) is 0 Å². The standard InChI is InChI=1S/C18H23Cl2F3N6O2/c1-28(8-11(30)9-31-10-18(21,22)23)6-7-29(2)17-25-16(24)15(26-27-17)12-4-3-5-13(19)14(12)20/h3-5,11,30H,6-10H2,1-2H3,(H2,24,25,27). The highest BCUT2D eigenvalue weighted by atomic mass is 35.5. The lowest BCUT2D eigenvalue weighted by molar-refractivity contribution is -0.179. The van der Waals surface area contributed by atoms with Crippen molar-refractivity contribution < 1.29 is 23.0 Å². The van der Waals surface area contributed by atoms with Crippen LogP contribution in [0.25, 0.3) is 11.3 Å². The molecule has 2 aromatic rings. The molecule has 31 heavy (non-hydrogen) atoms. The molecule has 0 fully saturated rings. The fraction of sp³-hybridized carbons (Fsp3) is 0.500. The topological polar surface area (TPSA) is 101 Å². The predicted molar refractivity (Wildman–Crippen MR) is 113 cm³/mol. The first-order valence-corrected chi connectivity index (χ1v) is 9.90.